The van der Waals surface area contributed by atoms with Crippen molar-refractivity contribution in [1.82, 2.24) is 16.0 Å². The van der Waals surface area contributed by atoms with Crippen molar-refractivity contribution in [1.29, 1.82) is 0 Å². The highest BCUT2D eigenvalue weighted by Gasteiger charge is 2.34. The van der Waals surface area contributed by atoms with Crippen molar-refractivity contribution in [3.63, 3.8) is 0 Å². The highest BCUT2D eigenvalue weighted by Crippen LogP contribution is 2.31. The fourth-order valence-corrected chi connectivity index (χ4v) is 3.44. The van der Waals surface area contributed by atoms with Gasteiger partial charge in [0.15, 0.2) is 5.96 Å². The number of rotatable bonds is 6. The molecule has 0 spiro atoms. The Morgan fingerprint density at radius 3 is 2.56 bits per heavy atom. The van der Waals surface area contributed by atoms with Crippen LogP contribution in [0.15, 0.2) is 4.99 Å². The predicted octanol–water partition coefficient (Wildman–Crippen LogP) is 2.16. The molecule has 0 aromatic rings. The minimum Gasteiger partial charge on any atom is -0.388 e. The van der Waals surface area contributed by atoms with Gasteiger partial charge in [0, 0.05) is 24.5 Å². The van der Waals surface area contributed by atoms with Gasteiger partial charge in [-0.2, -0.15) is 0 Å². The molecular weight excluding hydrogens is 431 g/mol. The maximum Gasteiger partial charge on any atom is 0.223 e. The van der Waals surface area contributed by atoms with Crippen molar-refractivity contribution in [2.24, 2.45) is 10.9 Å². The molecule has 2 unspecified atom stereocenters. The van der Waals surface area contributed by atoms with E-state index in [-0.39, 0.29) is 47.9 Å². The molecule has 0 aliphatic heterocycles. The molecular formula is C18H35IN4O2. The first kappa shape index (κ1) is 22.5. The van der Waals surface area contributed by atoms with Gasteiger partial charge in [0.25, 0.3) is 0 Å². The van der Waals surface area contributed by atoms with E-state index in [2.05, 4.69) is 20.9 Å². The average Bonchev–Trinajstić information content (AvgIpc) is 2.50. The monoisotopic (exact) mass is 466 g/mol. The van der Waals surface area contributed by atoms with Crippen LogP contribution in [0.3, 0.4) is 0 Å². The van der Waals surface area contributed by atoms with E-state index < -0.39 is 5.60 Å². The highest BCUT2D eigenvalue weighted by atomic mass is 127. The lowest BCUT2D eigenvalue weighted by Gasteiger charge is -2.35. The van der Waals surface area contributed by atoms with E-state index in [0.717, 1.165) is 57.5 Å². The van der Waals surface area contributed by atoms with Crippen LogP contribution in [0.1, 0.15) is 65.7 Å². The lowest BCUT2D eigenvalue weighted by molar-refractivity contribution is -0.126. The fraction of sp³-hybridized carbons (Fsp3) is 0.889. The summed E-state index contributed by atoms with van der Waals surface area (Å²) in [7, 11) is 0. The topological polar surface area (TPSA) is 85.8 Å². The first-order valence-corrected chi connectivity index (χ1v) is 9.49. The molecule has 4 N–H and O–H groups in total. The van der Waals surface area contributed by atoms with Gasteiger partial charge >= 0.3 is 0 Å². The Labute approximate surface area is 169 Å². The second-order valence-corrected chi connectivity index (χ2v) is 7.64. The first-order chi connectivity index (χ1) is 11.4. The largest absolute Gasteiger partial charge is 0.388 e. The summed E-state index contributed by atoms with van der Waals surface area (Å²) < 4.78 is 0. The average molecular weight is 466 g/mol. The summed E-state index contributed by atoms with van der Waals surface area (Å²) in [6, 6.07) is 0.448. The zero-order valence-electron chi connectivity index (χ0n) is 15.8. The number of hydrogen-bond donors (Lipinski definition) is 4. The van der Waals surface area contributed by atoms with E-state index in [1.807, 2.05) is 20.8 Å². The van der Waals surface area contributed by atoms with E-state index in [1.165, 1.54) is 0 Å². The summed E-state index contributed by atoms with van der Waals surface area (Å²) >= 11 is 0. The third kappa shape index (κ3) is 7.29. The van der Waals surface area contributed by atoms with Crippen molar-refractivity contribution in [3.05, 3.63) is 0 Å². The second-order valence-electron chi connectivity index (χ2n) is 7.64. The number of guanidine groups is 1. The number of carbonyl (C=O) groups is 1. The van der Waals surface area contributed by atoms with Gasteiger partial charge < -0.3 is 21.1 Å². The standard InChI is InChI=1S/C18H34N4O2.HI/c1-4-19-17(20-12-18(24)9-6-10-18)22-15-8-5-7-14(11-15)16(23)21-13(2)3;/h13-15,24H,4-12H2,1-3H3,(H,21,23)(H2,19,20,22);1H. The number of aliphatic imine (C=N–C) groups is 1. The second kappa shape index (κ2) is 10.5. The van der Waals surface area contributed by atoms with Gasteiger partial charge in [0.1, 0.15) is 0 Å². The van der Waals surface area contributed by atoms with Gasteiger partial charge in [-0.3, -0.25) is 9.79 Å². The minimum atomic E-state index is -0.603. The maximum atomic E-state index is 12.3. The van der Waals surface area contributed by atoms with Gasteiger partial charge in [-0.05, 0) is 59.3 Å². The van der Waals surface area contributed by atoms with Gasteiger partial charge in [-0.15, -0.1) is 24.0 Å². The Morgan fingerprint density at radius 1 is 1.28 bits per heavy atom. The van der Waals surface area contributed by atoms with Crippen molar-refractivity contribution in [2.75, 3.05) is 13.1 Å². The quantitative estimate of drug-likeness (QED) is 0.275. The number of aliphatic hydroxyl groups is 1. The molecule has 0 saturated heterocycles. The first-order valence-electron chi connectivity index (χ1n) is 9.49. The molecule has 0 aromatic heterocycles. The molecule has 1 amide bonds. The van der Waals surface area contributed by atoms with Crippen LogP contribution in [0.5, 0.6) is 0 Å². The number of carbonyl (C=O) groups excluding carboxylic acids is 1. The molecule has 0 radical (unpaired) electrons. The molecule has 25 heavy (non-hydrogen) atoms. The number of nitrogens with zero attached hydrogens (tertiary/aromatic N) is 1. The van der Waals surface area contributed by atoms with Crippen LogP contribution in [0.25, 0.3) is 0 Å². The van der Waals surface area contributed by atoms with E-state index in [0.29, 0.717) is 6.54 Å². The van der Waals surface area contributed by atoms with Gasteiger partial charge in [-0.1, -0.05) is 6.42 Å². The fourth-order valence-electron chi connectivity index (χ4n) is 3.44. The Bertz CT molecular complexity index is 452. The zero-order chi connectivity index (χ0) is 17.6. The van der Waals surface area contributed by atoms with Crippen LogP contribution < -0.4 is 16.0 Å². The summed E-state index contributed by atoms with van der Waals surface area (Å²) in [6.45, 7) is 7.27. The summed E-state index contributed by atoms with van der Waals surface area (Å²) in [5.74, 6) is 1.01. The Balaban J connectivity index is 0.00000312. The van der Waals surface area contributed by atoms with Gasteiger partial charge in [0.05, 0.1) is 12.1 Å². The lowest BCUT2D eigenvalue weighted by atomic mass is 9.80. The van der Waals surface area contributed by atoms with Crippen molar-refractivity contribution in [3.8, 4) is 0 Å². The van der Waals surface area contributed by atoms with Crippen LogP contribution in [0, 0.1) is 5.92 Å². The molecule has 2 saturated carbocycles. The molecule has 2 rings (SSSR count). The van der Waals surface area contributed by atoms with Crippen LogP contribution in [0.4, 0.5) is 0 Å². The number of halogens is 1. The SMILES string of the molecule is CCNC(=NCC1(O)CCC1)NC1CCCC(C(=O)NC(C)C)C1.I. The van der Waals surface area contributed by atoms with Crippen LogP contribution in [0.2, 0.25) is 0 Å². The third-order valence-corrected chi connectivity index (χ3v) is 4.98. The van der Waals surface area contributed by atoms with Gasteiger partial charge in [-0.25, -0.2) is 0 Å². The van der Waals surface area contributed by atoms with E-state index in [9.17, 15) is 9.90 Å². The number of amides is 1. The molecule has 146 valence electrons. The van der Waals surface area contributed by atoms with Crippen LogP contribution in [-0.2, 0) is 4.79 Å². The van der Waals surface area contributed by atoms with Crippen molar-refractivity contribution >= 4 is 35.8 Å². The molecule has 0 aromatic carbocycles. The highest BCUT2D eigenvalue weighted by molar-refractivity contribution is 14.0. The molecule has 2 aliphatic carbocycles. The minimum absolute atomic E-state index is 0. The Kier molecular flexibility index (Phi) is 9.48. The Morgan fingerprint density at radius 2 is 2.00 bits per heavy atom. The lowest BCUT2D eigenvalue weighted by Crippen LogP contribution is -2.48. The van der Waals surface area contributed by atoms with Crippen molar-refractivity contribution in [2.45, 2.75) is 83.4 Å². The summed E-state index contributed by atoms with van der Waals surface area (Å²) in [6.07, 6.45) is 6.69. The summed E-state index contributed by atoms with van der Waals surface area (Å²) in [4.78, 5) is 16.8. The van der Waals surface area contributed by atoms with Gasteiger partial charge in [0.2, 0.25) is 5.91 Å². The molecule has 2 aliphatic rings. The predicted molar refractivity (Wildman–Crippen MR) is 112 cm³/mol. The maximum absolute atomic E-state index is 12.3. The number of nitrogens with one attached hydrogen (secondary N) is 3. The van der Waals surface area contributed by atoms with E-state index in [1.54, 1.807) is 0 Å². The summed E-state index contributed by atoms with van der Waals surface area (Å²) in [5, 5.41) is 20.0. The molecule has 0 heterocycles. The molecule has 0 bridgehead atoms. The van der Waals surface area contributed by atoms with Crippen LogP contribution >= 0.6 is 24.0 Å². The molecule has 6 nitrogen and oxygen atoms in total. The molecule has 2 fully saturated rings. The summed E-state index contributed by atoms with van der Waals surface area (Å²) in [5.41, 5.74) is -0.603. The van der Waals surface area contributed by atoms with Crippen molar-refractivity contribution < 1.29 is 9.90 Å². The van der Waals surface area contributed by atoms with Crippen LogP contribution in [-0.4, -0.2) is 47.7 Å². The van der Waals surface area contributed by atoms with E-state index in [4.69, 9.17) is 0 Å². The zero-order valence-corrected chi connectivity index (χ0v) is 18.1. The van der Waals surface area contributed by atoms with E-state index >= 15 is 0 Å². The number of hydrogen-bond acceptors (Lipinski definition) is 3. The smallest absolute Gasteiger partial charge is 0.223 e. The molecule has 2 atom stereocenters. The molecule has 7 heteroatoms. The Hall–Kier alpha value is -0.570. The third-order valence-electron chi connectivity index (χ3n) is 4.98. The normalized spacial score (nSPS) is 25.6.